The van der Waals surface area contributed by atoms with Gasteiger partial charge in [-0.25, -0.2) is 9.69 Å². The molecule has 0 aliphatic rings. The number of nitriles is 2. The van der Waals surface area contributed by atoms with E-state index in [0.717, 1.165) is 67.3 Å². The fraction of sp³-hybridized carbons (Fsp3) is 0.486. The van der Waals surface area contributed by atoms with E-state index in [1.54, 1.807) is 13.8 Å². The predicted octanol–water partition coefficient (Wildman–Crippen LogP) is 9.00. The van der Waals surface area contributed by atoms with Crippen molar-refractivity contribution in [1.29, 1.82) is 10.5 Å². The Labute approximate surface area is 293 Å². The number of aryl methyl sites for hydroxylation is 1. The molecule has 2 aromatic heterocycles. The van der Waals surface area contributed by atoms with E-state index in [9.17, 15) is 5.26 Å². The number of nitrogens with two attached hydrogens (primary N) is 1. The lowest BCUT2D eigenvalue weighted by molar-refractivity contribution is -0.923. The number of hydrogen-bond donors (Lipinski definition) is 1. The van der Waals surface area contributed by atoms with Crippen LogP contribution >= 0.6 is 22.7 Å². The summed E-state index contributed by atoms with van der Waals surface area (Å²) in [4.78, 5) is 8.98. The number of ether oxygens (including phenoxy) is 2. The van der Waals surface area contributed by atoms with Crippen molar-refractivity contribution < 1.29 is 14.0 Å². The molecule has 11 nitrogen and oxygen atoms in total. The Morgan fingerprint density at radius 3 is 1.94 bits per heavy atom. The van der Waals surface area contributed by atoms with Crippen molar-refractivity contribution in [2.45, 2.75) is 48.5 Å². The van der Waals surface area contributed by atoms with Gasteiger partial charge in [-0.3, -0.25) is 0 Å². The van der Waals surface area contributed by atoms with Gasteiger partial charge in [-0.1, -0.05) is 0 Å². The van der Waals surface area contributed by atoms with Gasteiger partial charge in [-0.05, 0) is 83.4 Å². The smallest absolute Gasteiger partial charge is 0.247 e. The van der Waals surface area contributed by atoms with Gasteiger partial charge in [0.05, 0.1) is 81.0 Å². The maximum absolute atomic E-state index is 9.41. The molecule has 3 aromatic rings. The zero-order valence-electron chi connectivity index (χ0n) is 29.1. The molecule has 13 heteroatoms. The summed E-state index contributed by atoms with van der Waals surface area (Å²) in [6.07, 6.45) is 0. The van der Waals surface area contributed by atoms with Crippen molar-refractivity contribution in [1.82, 2.24) is 0 Å². The second kappa shape index (κ2) is 20.1. The molecule has 3 rings (SSSR count). The SMILES string of the molecule is [C-]#[N+]c1sc(N)c(C#N)c1C.[C-]#[N+]c1sc(N=Nc2ccc(N(CC)CCOCCOCC[N+](CC)(CC)CC)cc2C)c(C#N)c1C. The van der Waals surface area contributed by atoms with Gasteiger partial charge in [-0.2, -0.15) is 10.5 Å². The molecular formula is C35H46N9O2S2+. The van der Waals surface area contributed by atoms with Crippen LogP contribution in [0.5, 0.6) is 0 Å². The third-order valence-corrected chi connectivity index (χ3v) is 10.5. The molecule has 2 N–H and O–H groups in total. The number of thiophene rings is 2. The summed E-state index contributed by atoms with van der Waals surface area (Å²) in [5.41, 5.74) is 10.6. The van der Waals surface area contributed by atoms with Crippen molar-refractivity contribution >= 4 is 54.1 Å². The van der Waals surface area contributed by atoms with Gasteiger partial charge in [0.25, 0.3) is 0 Å². The first-order chi connectivity index (χ1) is 23.1. The maximum Gasteiger partial charge on any atom is 0.247 e. The van der Waals surface area contributed by atoms with Crippen LogP contribution in [-0.2, 0) is 9.47 Å². The third-order valence-electron chi connectivity index (χ3n) is 8.45. The van der Waals surface area contributed by atoms with Gasteiger partial charge in [0, 0.05) is 18.8 Å². The summed E-state index contributed by atoms with van der Waals surface area (Å²) in [5.74, 6) is 0. The number of rotatable bonds is 16. The average molecular weight is 689 g/mol. The van der Waals surface area contributed by atoms with Crippen LogP contribution in [-0.4, -0.2) is 70.2 Å². The van der Waals surface area contributed by atoms with Crippen LogP contribution in [0.25, 0.3) is 9.69 Å². The average Bonchev–Trinajstić information content (AvgIpc) is 3.57. The molecule has 48 heavy (non-hydrogen) atoms. The molecule has 1 aromatic carbocycles. The topological polar surface area (TPSA) is 129 Å². The highest BCUT2D eigenvalue weighted by molar-refractivity contribution is 7.20. The number of hydrogen-bond acceptors (Lipinski definition) is 10. The second-order valence-electron chi connectivity index (χ2n) is 10.9. The number of quaternary nitrogens is 1. The monoisotopic (exact) mass is 688 g/mol. The third kappa shape index (κ3) is 10.6. The Bertz CT molecular complexity index is 1690. The van der Waals surface area contributed by atoms with Crippen LogP contribution in [0.1, 0.15) is 55.5 Å². The Kier molecular flexibility index (Phi) is 16.7. The van der Waals surface area contributed by atoms with Gasteiger partial charge in [0.1, 0.15) is 23.7 Å². The number of azo groups is 1. The van der Waals surface area contributed by atoms with E-state index >= 15 is 0 Å². The lowest BCUT2D eigenvalue weighted by Crippen LogP contribution is -2.49. The first-order valence-electron chi connectivity index (χ1n) is 15.9. The Balaban J connectivity index is 0.000000613. The van der Waals surface area contributed by atoms with Crippen molar-refractivity contribution in [3.05, 3.63) is 68.9 Å². The van der Waals surface area contributed by atoms with Crippen molar-refractivity contribution in [3.63, 3.8) is 0 Å². The summed E-state index contributed by atoms with van der Waals surface area (Å²) in [6.45, 7) is 37.1. The fourth-order valence-electron chi connectivity index (χ4n) is 4.98. The first kappa shape index (κ1) is 39.8. The van der Waals surface area contributed by atoms with Crippen LogP contribution in [0, 0.1) is 56.6 Å². The van der Waals surface area contributed by atoms with Gasteiger partial charge in [0.2, 0.25) is 10.0 Å². The fourth-order valence-corrected chi connectivity index (χ4v) is 6.66. The Morgan fingerprint density at radius 1 is 0.854 bits per heavy atom. The molecule has 0 spiro atoms. The standard InChI is InChI=1S/C28H41N6O2S.C7H5N3S/c1-8-33(14-16-35-18-19-36-17-15-34(9-2,10-3)11-4)24-12-13-26(22(5)20-24)31-32-28-25(21-29)23(6)27(30-7)37-28;1-4-5(3-8)6(9)11-7(4)10-2/h12-13,20H,8-11,14-19H2,1-6H3;9H2,1H3/q+1;. The number of benzene rings is 1. The van der Waals surface area contributed by atoms with Crippen molar-refractivity contribution in [3.8, 4) is 12.1 Å². The highest BCUT2D eigenvalue weighted by Crippen LogP contribution is 2.41. The van der Waals surface area contributed by atoms with Crippen molar-refractivity contribution in [2.24, 2.45) is 10.2 Å². The molecule has 2 heterocycles. The molecule has 0 amide bonds. The highest BCUT2D eigenvalue weighted by Gasteiger charge is 2.20. The van der Waals surface area contributed by atoms with E-state index in [4.69, 9.17) is 33.6 Å². The zero-order valence-corrected chi connectivity index (χ0v) is 30.7. The van der Waals surface area contributed by atoms with Crippen LogP contribution in [0.2, 0.25) is 0 Å². The van der Waals surface area contributed by atoms with Gasteiger partial charge >= 0.3 is 0 Å². The van der Waals surface area contributed by atoms with Gasteiger partial charge < -0.3 is 24.6 Å². The summed E-state index contributed by atoms with van der Waals surface area (Å²) >= 11 is 2.37. The lowest BCUT2D eigenvalue weighted by Gasteiger charge is -2.35. The lowest BCUT2D eigenvalue weighted by atomic mass is 10.1. The molecule has 0 bridgehead atoms. The maximum atomic E-state index is 9.41. The van der Waals surface area contributed by atoms with Gasteiger partial charge in [0.15, 0.2) is 0 Å². The minimum absolute atomic E-state index is 0.423. The molecule has 0 unspecified atom stereocenters. The normalized spacial score (nSPS) is 10.9. The number of likely N-dealkylation sites (N-methyl/N-ethyl adjacent to an activating group) is 2. The van der Waals surface area contributed by atoms with Crippen LogP contribution in [0.4, 0.5) is 31.4 Å². The molecule has 0 saturated heterocycles. The van der Waals surface area contributed by atoms with Crippen LogP contribution in [0.15, 0.2) is 28.4 Å². The molecule has 0 aliphatic carbocycles. The minimum Gasteiger partial charge on any atom is -0.391 e. The number of anilines is 2. The molecular weight excluding hydrogens is 643 g/mol. The molecule has 0 fully saturated rings. The van der Waals surface area contributed by atoms with Gasteiger partial charge in [-0.15, -0.1) is 32.9 Å². The first-order valence-corrected chi connectivity index (χ1v) is 17.6. The predicted molar refractivity (Wildman–Crippen MR) is 196 cm³/mol. The van der Waals surface area contributed by atoms with Crippen LogP contribution in [0.3, 0.4) is 0 Å². The quantitative estimate of drug-likeness (QED) is 0.0692. The minimum atomic E-state index is 0.423. The molecule has 0 atom stereocenters. The highest BCUT2D eigenvalue weighted by atomic mass is 32.1. The number of nitrogen functional groups attached to an aromatic ring is 1. The van der Waals surface area contributed by atoms with E-state index in [1.165, 1.54) is 22.7 Å². The second-order valence-corrected chi connectivity index (χ2v) is 12.9. The summed E-state index contributed by atoms with van der Waals surface area (Å²) in [6, 6.07) is 10.2. The summed E-state index contributed by atoms with van der Waals surface area (Å²) in [7, 11) is 0. The van der Waals surface area contributed by atoms with E-state index < -0.39 is 0 Å². The zero-order chi connectivity index (χ0) is 35.7. The molecule has 0 aliphatic heterocycles. The Hall–Kier alpha value is -4.34. The van der Waals surface area contributed by atoms with E-state index in [1.807, 2.05) is 25.1 Å². The van der Waals surface area contributed by atoms with E-state index in [2.05, 4.69) is 64.6 Å². The van der Waals surface area contributed by atoms with E-state index in [0.29, 0.717) is 62.1 Å². The van der Waals surface area contributed by atoms with Crippen LogP contribution < -0.4 is 10.6 Å². The summed E-state index contributed by atoms with van der Waals surface area (Å²) in [5, 5.41) is 28.6. The molecule has 0 radical (unpaired) electrons. The summed E-state index contributed by atoms with van der Waals surface area (Å²) < 4.78 is 12.8. The Morgan fingerprint density at radius 2 is 1.44 bits per heavy atom. The number of nitrogens with zero attached hydrogens (tertiary/aromatic N) is 8. The molecule has 254 valence electrons. The largest absolute Gasteiger partial charge is 0.391 e. The molecule has 0 saturated carbocycles. The van der Waals surface area contributed by atoms with Crippen molar-refractivity contribution in [2.75, 3.05) is 76.3 Å². The van der Waals surface area contributed by atoms with E-state index in [-0.39, 0.29) is 0 Å².